The lowest BCUT2D eigenvalue weighted by atomic mass is 10.0. The molecule has 0 aliphatic rings. The number of nitrogens with one attached hydrogen (secondary N) is 3. The lowest BCUT2D eigenvalue weighted by molar-refractivity contribution is 0.0968. The quantitative estimate of drug-likeness (QED) is 0.345. The third-order valence-corrected chi connectivity index (χ3v) is 5.22. The second-order valence-electron chi connectivity index (χ2n) is 7.78. The molecule has 0 unspecified atom stereocenters. The Morgan fingerprint density at radius 2 is 1.79 bits per heavy atom. The minimum absolute atomic E-state index is 0.0304. The number of ketones is 1. The van der Waals surface area contributed by atoms with Crippen LogP contribution in [0.15, 0.2) is 48.7 Å². The van der Waals surface area contributed by atoms with Crippen LogP contribution < -0.4 is 15.4 Å². The fourth-order valence-corrected chi connectivity index (χ4v) is 3.64. The van der Waals surface area contributed by atoms with Crippen LogP contribution >= 0.6 is 11.6 Å². The highest BCUT2D eigenvalue weighted by molar-refractivity contribution is 7.92. The molecule has 33 heavy (non-hydrogen) atoms. The molecule has 11 heteroatoms. The van der Waals surface area contributed by atoms with E-state index in [0.29, 0.717) is 23.4 Å². The van der Waals surface area contributed by atoms with E-state index in [4.69, 9.17) is 11.6 Å². The molecular formula is C22H23ClFN5O3S. The first-order valence-corrected chi connectivity index (χ1v) is 12.2. The third-order valence-electron chi connectivity index (χ3n) is 4.35. The molecule has 0 spiro atoms. The van der Waals surface area contributed by atoms with Crippen LogP contribution in [0.3, 0.4) is 0 Å². The fraction of sp³-hybridized carbons (Fsp3) is 0.227. The van der Waals surface area contributed by atoms with Crippen molar-refractivity contribution in [3.05, 3.63) is 65.1 Å². The number of hydrogen-bond donors (Lipinski definition) is 3. The summed E-state index contributed by atoms with van der Waals surface area (Å²) in [5.74, 6) is -0.297. The van der Waals surface area contributed by atoms with E-state index in [0.717, 1.165) is 6.26 Å². The molecule has 0 fully saturated rings. The van der Waals surface area contributed by atoms with Crippen molar-refractivity contribution in [1.82, 2.24) is 9.97 Å². The van der Waals surface area contributed by atoms with Gasteiger partial charge in [0, 0.05) is 12.0 Å². The van der Waals surface area contributed by atoms with E-state index in [-0.39, 0.29) is 34.2 Å². The van der Waals surface area contributed by atoms with Crippen LogP contribution in [-0.4, -0.2) is 30.4 Å². The molecule has 0 saturated heterocycles. The molecule has 0 aliphatic heterocycles. The Balaban J connectivity index is 1.87. The fourth-order valence-electron chi connectivity index (χ4n) is 2.93. The van der Waals surface area contributed by atoms with E-state index in [2.05, 4.69) is 25.3 Å². The van der Waals surface area contributed by atoms with E-state index in [1.54, 1.807) is 24.3 Å². The molecular weight excluding hydrogens is 469 g/mol. The first-order valence-electron chi connectivity index (χ1n) is 9.98. The van der Waals surface area contributed by atoms with Crippen molar-refractivity contribution in [2.24, 2.45) is 5.92 Å². The van der Waals surface area contributed by atoms with Crippen LogP contribution in [0.4, 0.5) is 33.2 Å². The van der Waals surface area contributed by atoms with Crippen LogP contribution in [-0.2, 0) is 10.0 Å². The van der Waals surface area contributed by atoms with Gasteiger partial charge in [-0.1, -0.05) is 37.6 Å². The van der Waals surface area contributed by atoms with Crippen LogP contribution in [0.5, 0.6) is 0 Å². The maximum atomic E-state index is 14.4. The predicted octanol–water partition coefficient (Wildman–Crippen LogP) is 5.36. The zero-order valence-electron chi connectivity index (χ0n) is 18.2. The summed E-state index contributed by atoms with van der Waals surface area (Å²) in [6, 6.07) is 10.7. The molecule has 0 aliphatic carbocycles. The maximum absolute atomic E-state index is 14.4. The zero-order chi connectivity index (χ0) is 24.2. The number of aromatic nitrogens is 2. The molecule has 0 atom stereocenters. The molecule has 8 nitrogen and oxygen atoms in total. The van der Waals surface area contributed by atoms with Crippen molar-refractivity contribution < 1.29 is 17.6 Å². The van der Waals surface area contributed by atoms with Gasteiger partial charge in [-0.25, -0.2) is 17.8 Å². The van der Waals surface area contributed by atoms with Crippen LogP contribution in [0, 0.1) is 11.7 Å². The second-order valence-corrected chi connectivity index (χ2v) is 9.93. The van der Waals surface area contributed by atoms with Crippen LogP contribution in [0.25, 0.3) is 0 Å². The Morgan fingerprint density at radius 1 is 1.09 bits per heavy atom. The van der Waals surface area contributed by atoms with Gasteiger partial charge in [0.2, 0.25) is 16.0 Å². The smallest absolute Gasteiger partial charge is 0.229 e. The molecule has 0 saturated carbocycles. The summed E-state index contributed by atoms with van der Waals surface area (Å²) < 4.78 is 40.1. The third kappa shape index (κ3) is 6.87. The highest BCUT2D eigenvalue weighted by Crippen LogP contribution is 2.30. The van der Waals surface area contributed by atoms with Gasteiger partial charge in [0.25, 0.3) is 0 Å². The van der Waals surface area contributed by atoms with Crippen LogP contribution in [0.1, 0.15) is 30.6 Å². The van der Waals surface area contributed by atoms with E-state index in [9.17, 15) is 17.6 Å². The summed E-state index contributed by atoms with van der Waals surface area (Å²) in [7, 11) is -3.51. The SMILES string of the molecule is CC(C)CC(=O)c1ccc(F)c(Nc2ncc(Cl)c(Nc3ccccc3NS(C)(=O)=O)n2)c1. The number of halogens is 2. The van der Waals surface area contributed by atoms with E-state index < -0.39 is 15.8 Å². The molecule has 1 heterocycles. The topological polar surface area (TPSA) is 113 Å². The lowest BCUT2D eigenvalue weighted by Crippen LogP contribution is -2.11. The molecule has 2 aromatic carbocycles. The number of carbonyl (C=O) groups is 1. The van der Waals surface area contributed by atoms with E-state index in [1.165, 1.54) is 24.4 Å². The minimum atomic E-state index is -3.51. The van der Waals surface area contributed by atoms with Crippen LogP contribution in [0.2, 0.25) is 5.02 Å². The number of rotatable bonds is 9. The van der Waals surface area contributed by atoms with Gasteiger partial charge in [0.15, 0.2) is 11.6 Å². The van der Waals surface area contributed by atoms with Gasteiger partial charge in [-0.2, -0.15) is 4.98 Å². The number of anilines is 5. The Morgan fingerprint density at radius 3 is 2.45 bits per heavy atom. The van der Waals surface area contributed by atoms with Gasteiger partial charge in [-0.3, -0.25) is 9.52 Å². The van der Waals surface area contributed by atoms with Gasteiger partial charge >= 0.3 is 0 Å². The Labute approximate surface area is 196 Å². The first kappa shape index (κ1) is 24.4. The monoisotopic (exact) mass is 491 g/mol. The maximum Gasteiger partial charge on any atom is 0.229 e. The van der Waals surface area contributed by atoms with Crippen molar-refractivity contribution in [1.29, 1.82) is 0 Å². The van der Waals surface area contributed by atoms with Gasteiger partial charge in [-0.15, -0.1) is 0 Å². The van der Waals surface area contributed by atoms with Crippen molar-refractivity contribution in [2.45, 2.75) is 20.3 Å². The Kier molecular flexibility index (Phi) is 7.50. The van der Waals surface area contributed by atoms with Crippen molar-refractivity contribution in [3.63, 3.8) is 0 Å². The largest absolute Gasteiger partial charge is 0.337 e. The average Bonchev–Trinajstić information content (AvgIpc) is 2.72. The van der Waals surface area contributed by atoms with Gasteiger partial charge in [-0.05, 0) is 36.2 Å². The molecule has 174 valence electrons. The summed E-state index contributed by atoms with van der Waals surface area (Å²) in [6.07, 6.45) is 2.70. The standard InChI is InChI=1S/C22H23ClFN5O3S/c1-13(2)10-20(30)14-8-9-16(24)19(11-14)27-22-25-12-15(23)21(28-22)26-17-6-4-5-7-18(17)29-33(3,31)32/h4-9,11-13,29H,10H2,1-3H3,(H2,25,26,27,28). The van der Waals surface area contributed by atoms with Crippen molar-refractivity contribution in [3.8, 4) is 0 Å². The lowest BCUT2D eigenvalue weighted by Gasteiger charge is -2.14. The number of hydrogen-bond acceptors (Lipinski definition) is 7. The van der Waals surface area contributed by atoms with E-state index >= 15 is 0 Å². The predicted molar refractivity (Wildman–Crippen MR) is 129 cm³/mol. The zero-order valence-corrected chi connectivity index (χ0v) is 19.8. The first-order chi connectivity index (χ1) is 15.5. The Bertz CT molecular complexity index is 1280. The molecule has 3 N–H and O–H groups in total. The number of carbonyl (C=O) groups excluding carboxylic acids is 1. The van der Waals surface area contributed by atoms with Gasteiger partial charge in [0.05, 0.1) is 29.5 Å². The summed E-state index contributed by atoms with van der Waals surface area (Å²) in [6.45, 7) is 3.86. The molecule has 3 rings (SSSR count). The van der Waals surface area contributed by atoms with Gasteiger partial charge in [0.1, 0.15) is 10.8 Å². The van der Waals surface area contributed by atoms with Gasteiger partial charge < -0.3 is 10.6 Å². The van der Waals surface area contributed by atoms with Crippen molar-refractivity contribution in [2.75, 3.05) is 21.6 Å². The summed E-state index contributed by atoms with van der Waals surface area (Å²) in [5.41, 5.74) is 1.12. The number of sulfonamides is 1. The summed E-state index contributed by atoms with van der Waals surface area (Å²) >= 11 is 6.21. The van der Waals surface area contributed by atoms with E-state index in [1.807, 2.05) is 13.8 Å². The van der Waals surface area contributed by atoms with Crippen molar-refractivity contribution >= 4 is 56.2 Å². The number of nitrogens with zero attached hydrogens (tertiary/aromatic N) is 2. The second kappa shape index (κ2) is 10.1. The normalized spacial score (nSPS) is 11.3. The highest BCUT2D eigenvalue weighted by Gasteiger charge is 2.14. The number of Topliss-reactive ketones (excluding diaryl/α,β-unsaturated/α-hetero) is 1. The Hall–Kier alpha value is -3.24. The summed E-state index contributed by atoms with van der Waals surface area (Å²) in [5, 5.41) is 5.89. The average molecular weight is 492 g/mol. The molecule has 0 bridgehead atoms. The summed E-state index contributed by atoms with van der Waals surface area (Å²) in [4.78, 5) is 20.7. The molecule has 0 radical (unpaired) electrons. The molecule has 1 aromatic heterocycles. The minimum Gasteiger partial charge on any atom is -0.337 e. The molecule has 0 amide bonds. The highest BCUT2D eigenvalue weighted by atomic mass is 35.5. The molecule has 3 aromatic rings. The number of para-hydroxylation sites is 2. The number of benzene rings is 2.